The van der Waals surface area contributed by atoms with Crippen molar-refractivity contribution in [2.45, 2.75) is 58.5 Å². The first kappa shape index (κ1) is 26.3. The van der Waals surface area contributed by atoms with Crippen LogP contribution in [-0.2, 0) is 28.9 Å². The van der Waals surface area contributed by atoms with Crippen molar-refractivity contribution in [3.8, 4) is 5.75 Å². The highest BCUT2D eigenvalue weighted by Gasteiger charge is 2.33. The van der Waals surface area contributed by atoms with Gasteiger partial charge < -0.3 is 24.8 Å². The zero-order valence-electron chi connectivity index (χ0n) is 20.7. The van der Waals surface area contributed by atoms with Gasteiger partial charge in [0.25, 0.3) is 0 Å². The predicted molar refractivity (Wildman–Crippen MR) is 132 cm³/mol. The Balaban J connectivity index is 1.86. The van der Waals surface area contributed by atoms with Gasteiger partial charge in [-0.05, 0) is 41.5 Å². The number of carbonyl (C=O) groups is 2. The van der Waals surface area contributed by atoms with Crippen molar-refractivity contribution in [3.63, 3.8) is 0 Å². The summed E-state index contributed by atoms with van der Waals surface area (Å²) in [5.74, 6) is -0.253. The first-order valence-electron chi connectivity index (χ1n) is 12.1. The third kappa shape index (κ3) is 7.10. The third-order valence-corrected chi connectivity index (χ3v) is 6.34. The van der Waals surface area contributed by atoms with Gasteiger partial charge in [0.05, 0.1) is 13.7 Å². The second-order valence-electron chi connectivity index (χ2n) is 9.31. The second kappa shape index (κ2) is 12.4. The lowest BCUT2D eigenvalue weighted by Crippen LogP contribution is -2.44. The first-order chi connectivity index (χ1) is 16.8. The van der Waals surface area contributed by atoms with Crippen LogP contribution >= 0.6 is 0 Å². The molecule has 1 heterocycles. The second-order valence-corrected chi connectivity index (χ2v) is 9.31. The molecule has 8 heteroatoms. The quantitative estimate of drug-likeness (QED) is 0.421. The number of amides is 1. The molecule has 1 aliphatic rings. The molecule has 0 unspecified atom stereocenters. The van der Waals surface area contributed by atoms with E-state index in [1.807, 2.05) is 30.3 Å². The van der Waals surface area contributed by atoms with Crippen LogP contribution in [-0.4, -0.2) is 48.4 Å². The van der Waals surface area contributed by atoms with Crippen LogP contribution < -0.4 is 10.1 Å². The maximum absolute atomic E-state index is 15.8. The van der Waals surface area contributed by atoms with E-state index >= 15 is 4.39 Å². The number of esters is 1. The zero-order chi connectivity index (χ0) is 25.4. The summed E-state index contributed by atoms with van der Waals surface area (Å²) in [5.41, 5.74) is 2.24. The number of halogens is 1. The lowest BCUT2D eigenvalue weighted by atomic mass is 9.89. The standard InChI is InChI=1S/C27H35FN2O5/c1-18(2)8-7-11-21-15-22-20(17-30(21)27(32)33)14-23(26(25(22)28)29-16-24(31)34-3)35-13-12-19-9-5-4-6-10-19/h4-6,9-10,14,18,21,29H,7-8,11-13,15-17H2,1-3H3,(H,32,33)/t21-/m0/s1. The molecule has 1 amide bonds. The van der Waals surface area contributed by atoms with Gasteiger partial charge >= 0.3 is 12.1 Å². The molecule has 1 aliphatic heterocycles. The van der Waals surface area contributed by atoms with Gasteiger partial charge in [0.1, 0.15) is 18.0 Å². The molecule has 0 saturated carbocycles. The average Bonchev–Trinajstić information content (AvgIpc) is 2.83. The lowest BCUT2D eigenvalue weighted by Gasteiger charge is -2.36. The summed E-state index contributed by atoms with van der Waals surface area (Å²) < 4.78 is 26.4. The number of anilines is 1. The summed E-state index contributed by atoms with van der Waals surface area (Å²) in [6.45, 7) is 4.45. The number of hydrogen-bond donors (Lipinski definition) is 2. The van der Waals surface area contributed by atoms with E-state index < -0.39 is 17.9 Å². The zero-order valence-corrected chi connectivity index (χ0v) is 20.7. The Hall–Kier alpha value is -3.29. The molecule has 0 aliphatic carbocycles. The van der Waals surface area contributed by atoms with E-state index in [1.54, 1.807) is 6.07 Å². The van der Waals surface area contributed by atoms with Crippen molar-refractivity contribution in [3.05, 3.63) is 58.9 Å². The first-order valence-corrected chi connectivity index (χ1v) is 12.1. The summed E-state index contributed by atoms with van der Waals surface area (Å²) in [7, 11) is 1.27. The molecular weight excluding hydrogens is 451 g/mol. The van der Waals surface area contributed by atoms with E-state index in [1.165, 1.54) is 12.0 Å². The number of carbonyl (C=O) groups excluding carboxylic acids is 1. The van der Waals surface area contributed by atoms with E-state index in [0.29, 0.717) is 36.5 Å². The Morgan fingerprint density at radius 1 is 1.26 bits per heavy atom. The van der Waals surface area contributed by atoms with E-state index in [9.17, 15) is 14.7 Å². The topological polar surface area (TPSA) is 88.1 Å². The Bertz CT molecular complexity index is 1010. The molecule has 0 fully saturated rings. The van der Waals surface area contributed by atoms with E-state index in [4.69, 9.17) is 4.74 Å². The molecule has 35 heavy (non-hydrogen) atoms. The van der Waals surface area contributed by atoms with Gasteiger partial charge in [-0.25, -0.2) is 9.18 Å². The number of hydrogen-bond acceptors (Lipinski definition) is 5. The number of benzene rings is 2. The van der Waals surface area contributed by atoms with Gasteiger partial charge in [-0.2, -0.15) is 0 Å². The Kier molecular flexibility index (Phi) is 9.34. The largest absolute Gasteiger partial charge is 0.491 e. The third-order valence-electron chi connectivity index (χ3n) is 6.34. The fourth-order valence-electron chi connectivity index (χ4n) is 4.42. The highest BCUT2D eigenvalue weighted by Crippen LogP contribution is 2.38. The highest BCUT2D eigenvalue weighted by atomic mass is 19.1. The van der Waals surface area contributed by atoms with Crippen molar-refractivity contribution in [1.29, 1.82) is 0 Å². The van der Waals surface area contributed by atoms with E-state index in [-0.39, 0.29) is 37.0 Å². The number of ether oxygens (including phenoxy) is 2. The molecule has 2 aromatic rings. The Morgan fingerprint density at radius 3 is 2.66 bits per heavy atom. The Morgan fingerprint density at radius 2 is 2.00 bits per heavy atom. The number of nitrogens with zero attached hydrogens (tertiary/aromatic N) is 1. The Labute approximate surface area is 206 Å². The molecule has 0 spiro atoms. The maximum atomic E-state index is 15.8. The summed E-state index contributed by atoms with van der Waals surface area (Å²) >= 11 is 0. The molecule has 0 bridgehead atoms. The van der Waals surface area contributed by atoms with Crippen LogP contribution in [0.1, 0.15) is 49.8 Å². The number of carboxylic acid groups (broad SMARTS) is 1. The number of nitrogens with one attached hydrogen (secondary N) is 1. The van der Waals surface area contributed by atoms with Gasteiger partial charge in [-0.15, -0.1) is 0 Å². The monoisotopic (exact) mass is 486 g/mol. The van der Waals surface area contributed by atoms with E-state index in [2.05, 4.69) is 23.9 Å². The summed E-state index contributed by atoms with van der Waals surface area (Å²) in [5, 5.41) is 12.6. The summed E-state index contributed by atoms with van der Waals surface area (Å²) in [4.78, 5) is 25.1. The number of fused-ring (bicyclic) bond motifs is 1. The smallest absolute Gasteiger partial charge is 0.407 e. The van der Waals surface area contributed by atoms with Crippen LogP contribution in [0.15, 0.2) is 36.4 Å². The van der Waals surface area contributed by atoms with Gasteiger partial charge in [-0.3, -0.25) is 4.79 Å². The fourth-order valence-corrected chi connectivity index (χ4v) is 4.42. The van der Waals surface area contributed by atoms with Crippen molar-refractivity contribution in [2.24, 2.45) is 5.92 Å². The van der Waals surface area contributed by atoms with Crippen LogP contribution in [0.25, 0.3) is 0 Å². The molecule has 190 valence electrons. The lowest BCUT2D eigenvalue weighted by molar-refractivity contribution is -0.138. The molecule has 0 saturated heterocycles. The van der Waals surface area contributed by atoms with Crippen molar-refractivity contribution in [1.82, 2.24) is 4.90 Å². The fraction of sp³-hybridized carbons (Fsp3) is 0.481. The van der Waals surface area contributed by atoms with Gasteiger partial charge in [0.2, 0.25) is 0 Å². The molecule has 0 radical (unpaired) electrons. The van der Waals surface area contributed by atoms with Crippen LogP contribution in [0.5, 0.6) is 5.75 Å². The van der Waals surface area contributed by atoms with E-state index in [0.717, 1.165) is 18.4 Å². The van der Waals surface area contributed by atoms with Crippen LogP contribution in [0.4, 0.5) is 14.9 Å². The molecule has 7 nitrogen and oxygen atoms in total. The van der Waals surface area contributed by atoms with Crippen LogP contribution in [0.2, 0.25) is 0 Å². The van der Waals surface area contributed by atoms with Crippen LogP contribution in [0, 0.1) is 11.7 Å². The highest BCUT2D eigenvalue weighted by molar-refractivity contribution is 5.76. The van der Waals surface area contributed by atoms with Crippen molar-refractivity contribution < 1.29 is 28.6 Å². The molecular formula is C27H35FN2O5. The number of methoxy groups -OCH3 is 1. The van der Waals surface area contributed by atoms with Gasteiger partial charge in [-0.1, -0.05) is 57.0 Å². The minimum absolute atomic E-state index is 0.0975. The minimum Gasteiger partial charge on any atom is -0.491 e. The van der Waals surface area contributed by atoms with Crippen molar-refractivity contribution >= 4 is 17.7 Å². The molecule has 2 N–H and O–H groups in total. The average molecular weight is 487 g/mol. The molecule has 3 rings (SSSR count). The molecule has 0 aromatic heterocycles. The predicted octanol–water partition coefficient (Wildman–Crippen LogP) is 5.26. The van der Waals surface area contributed by atoms with Crippen LogP contribution in [0.3, 0.4) is 0 Å². The number of rotatable bonds is 11. The SMILES string of the molecule is COC(=O)CNc1c(OCCc2ccccc2)cc2c(c1F)C[C@H](CCCC(C)C)N(C(=O)O)C2. The van der Waals surface area contributed by atoms with Gasteiger partial charge in [0.15, 0.2) is 5.82 Å². The van der Waals surface area contributed by atoms with Gasteiger partial charge in [0, 0.05) is 19.0 Å². The normalized spacial score (nSPS) is 15.0. The minimum atomic E-state index is -1.01. The maximum Gasteiger partial charge on any atom is 0.407 e. The summed E-state index contributed by atoms with van der Waals surface area (Å²) in [6, 6.07) is 11.2. The summed E-state index contributed by atoms with van der Waals surface area (Å²) in [6.07, 6.45) is 2.42. The molecule has 2 aromatic carbocycles. The van der Waals surface area contributed by atoms with Crippen molar-refractivity contribution in [2.75, 3.05) is 25.6 Å². The molecule has 1 atom stereocenters.